The van der Waals surface area contributed by atoms with Gasteiger partial charge in [0.15, 0.2) is 0 Å². The number of carbonyl (C=O) groups excluding carboxylic acids is 1. The molecule has 1 N–H and O–H groups in total. The van der Waals surface area contributed by atoms with Crippen LogP contribution in [0, 0.1) is 0 Å². The molecule has 1 aliphatic heterocycles. The number of oxazole rings is 1. The average Bonchev–Trinajstić information content (AvgIpc) is 3.28. The Kier molecular flexibility index (Phi) is 5.71. The van der Waals surface area contributed by atoms with Gasteiger partial charge in [-0.05, 0) is 36.4 Å². The first-order valence-electron chi connectivity index (χ1n) is 9.39. The zero-order valence-electron chi connectivity index (χ0n) is 16.1. The molecular weight excluding hydrogens is 372 g/mol. The number of nitrogens with one attached hydrogen (secondary N) is 1. The molecule has 1 fully saturated rings. The Bertz CT molecular complexity index is 943. The topological polar surface area (TPSA) is 89.7 Å². The van der Waals surface area contributed by atoms with Crippen molar-refractivity contribution in [2.45, 2.75) is 6.04 Å². The number of hydrogen-bond acceptors (Lipinski definition) is 7. The summed E-state index contributed by atoms with van der Waals surface area (Å²) < 4.78 is 16.5. The van der Waals surface area contributed by atoms with Gasteiger partial charge in [0.25, 0.3) is 5.89 Å². The van der Waals surface area contributed by atoms with E-state index in [-0.39, 0.29) is 17.8 Å². The van der Waals surface area contributed by atoms with Crippen molar-refractivity contribution in [3.8, 4) is 22.8 Å². The van der Waals surface area contributed by atoms with Gasteiger partial charge in [-0.1, -0.05) is 0 Å². The maximum atomic E-state index is 13.0. The van der Waals surface area contributed by atoms with Crippen molar-refractivity contribution >= 4 is 5.91 Å². The molecule has 4 rings (SSSR count). The van der Waals surface area contributed by atoms with Crippen LogP contribution in [0.5, 0.6) is 11.5 Å². The van der Waals surface area contributed by atoms with Crippen molar-refractivity contribution in [2.24, 2.45) is 0 Å². The van der Waals surface area contributed by atoms with Gasteiger partial charge in [-0.25, -0.2) is 4.98 Å². The smallest absolute Gasteiger partial charge is 0.310 e. The fraction of sp³-hybridized carbons (Fsp3) is 0.286. The van der Waals surface area contributed by atoms with Gasteiger partial charge in [0.2, 0.25) is 0 Å². The number of pyridine rings is 1. The lowest BCUT2D eigenvalue weighted by Gasteiger charge is -2.35. The first kappa shape index (κ1) is 18.9. The van der Waals surface area contributed by atoms with E-state index < -0.39 is 0 Å². The summed E-state index contributed by atoms with van der Waals surface area (Å²) in [5, 5.41) is 3.30. The molecule has 0 radical (unpaired) electrons. The number of amides is 1. The summed E-state index contributed by atoms with van der Waals surface area (Å²) in [6, 6.07) is 10.9. The second-order valence-electron chi connectivity index (χ2n) is 6.62. The van der Waals surface area contributed by atoms with Crippen LogP contribution in [0.4, 0.5) is 0 Å². The number of piperazine rings is 1. The number of benzene rings is 1. The molecule has 8 nitrogen and oxygen atoms in total. The predicted octanol–water partition coefficient (Wildman–Crippen LogP) is 2.24. The number of methoxy groups -OCH3 is 1. The Balaban J connectivity index is 1.46. The molecule has 29 heavy (non-hydrogen) atoms. The fourth-order valence-corrected chi connectivity index (χ4v) is 3.19. The maximum absolute atomic E-state index is 13.0. The lowest BCUT2D eigenvalue weighted by molar-refractivity contribution is 0.0520. The molecule has 1 aliphatic rings. The third kappa shape index (κ3) is 4.38. The van der Waals surface area contributed by atoms with Crippen molar-refractivity contribution in [2.75, 3.05) is 33.4 Å². The van der Waals surface area contributed by atoms with Crippen LogP contribution in [-0.4, -0.2) is 60.2 Å². The highest BCUT2D eigenvalue weighted by Gasteiger charge is 2.30. The molecule has 1 saturated heterocycles. The van der Waals surface area contributed by atoms with E-state index in [0.717, 1.165) is 11.3 Å². The minimum absolute atomic E-state index is 0.0732. The van der Waals surface area contributed by atoms with Gasteiger partial charge < -0.3 is 24.1 Å². The summed E-state index contributed by atoms with van der Waals surface area (Å²) >= 11 is 0. The van der Waals surface area contributed by atoms with Crippen LogP contribution >= 0.6 is 0 Å². The minimum atomic E-state index is -0.244. The highest BCUT2D eigenvalue weighted by molar-refractivity contribution is 5.90. The molecule has 3 aromatic rings. The van der Waals surface area contributed by atoms with E-state index in [4.69, 9.17) is 13.9 Å². The summed E-state index contributed by atoms with van der Waals surface area (Å²) in [7, 11) is 1.61. The minimum Gasteiger partial charge on any atom is -0.497 e. The summed E-state index contributed by atoms with van der Waals surface area (Å²) in [6.45, 7) is 2.26. The third-order valence-electron chi connectivity index (χ3n) is 4.76. The Morgan fingerprint density at radius 1 is 1.28 bits per heavy atom. The summed E-state index contributed by atoms with van der Waals surface area (Å²) in [5.74, 6) is 1.25. The normalized spacial score (nSPS) is 16.4. The quantitative estimate of drug-likeness (QED) is 0.686. The monoisotopic (exact) mass is 394 g/mol. The van der Waals surface area contributed by atoms with Gasteiger partial charge in [-0.15, -0.1) is 0 Å². The molecule has 1 amide bonds. The van der Waals surface area contributed by atoms with Crippen LogP contribution < -0.4 is 14.8 Å². The van der Waals surface area contributed by atoms with E-state index in [1.807, 2.05) is 36.4 Å². The fourth-order valence-electron chi connectivity index (χ4n) is 3.19. The van der Waals surface area contributed by atoms with E-state index in [2.05, 4.69) is 15.3 Å². The van der Waals surface area contributed by atoms with Gasteiger partial charge in [0.05, 0.1) is 19.3 Å². The number of nitrogens with zero attached hydrogens (tertiary/aromatic N) is 3. The van der Waals surface area contributed by atoms with Crippen LogP contribution in [0.3, 0.4) is 0 Å². The SMILES string of the molecule is COc1ccc(-c2coc(C(=O)N3CCNCC3COc3cccnc3)n2)cc1. The molecule has 0 saturated carbocycles. The van der Waals surface area contributed by atoms with Crippen LogP contribution in [-0.2, 0) is 0 Å². The standard InChI is InChI=1S/C21H22N4O4/c1-27-17-6-4-15(5-7-17)19-14-29-20(24-19)21(26)25-10-9-23-11-16(25)13-28-18-3-2-8-22-12-18/h2-8,12,14,16,23H,9-11,13H2,1H3. The van der Waals surface area contributed by atoms with Gasteiger partial charge in [-0.2, -0.15) is 0 Å². The maximum Gasteiger partial charge on any atom is 0.310 e. The molecule has 8 heteroatoms. The largest absolute Gasteiger partial charge is 0.497 e. The molecule has 1 unspecified atom stereocenters. The lowest BCUT2D eigenvalue weighted by atomic mass is 10.1. The zero-order valence-corrected chi connectivity index (χ0v) is 16.1. The molecule has 0 aliphatic carbocycles. The highest BCUT2D eigenvalue weighted by atomic mass is 16.5. The molecule has 150 valence electrons. The predicted molar refractivity (Wildman–Crippen MR) is 106 cm³/mol. The number of ether oxygens (including phenoxy) is 2. The molecule has 3 heterocycles. The van der Waals surface area contributed by atoms with Crippen molar-refractivity contribution in [1.29, 1.82) is 0 Å². The second kappa shape index (κ2) is 8.74. The molecule has 1 atom stereocenters. The highest BCUT2D eigenvalue weighted by Crippen LogP contribution is 2.23. The number of carbonyl (C=O) groups is 1. The summed E-state index contributed by atoms with van der Waals surface area (Å²) in [6.07, 6.45) is 4.84. The Morgan fingerprint density at radius 3 is 2.90 bits per heavy atom. The van der Waals surface area contributed by atoms with Crippen molar-refractivity contribution < 1.29 is 18.7 Å². The Hall–Kier alpha value is -3.39. The van der Waals surface area contributed by atoms with E-state index in [1.54, 1.807) is 24.4 Å². The lowest BCUT2D eigenvalue weighted by Crippen LogP contribution is -2.56. The second-order valence-corrected chi connectivity index (χ2v) is 6.62. The average molecular weight is 394 g/mol. The van der Waals surface area contributed by atoms with E-state index >= 15 is 0 Å². The number of aromatic nitrogens is 2. The summed E-state index contributed by atoms with van der Waals surface area (Å²) in [4.78, 5) is 23.2. The summed E-state index contributed by atoms with van der Waals surface area (Å²) in [5.41, 5.74) is 1.46. The Morgan fingerprint density at radius 2 is 2.14 bits per heavy atom. The van der Waals surface area contributed by atoms with Crippen LogP contribution in [0.1, 0.15) is 10.7 Å². The van der Waals surface area contributed by atoms with Gasteiger partial charge >= 0.3 is 5.91 Å². The van der Waals surface area contributed by atoms with Crippen molar-refractivity contribution in [3.63, 3.8) is 0 Å². The van der Waals surface area contributed by atoms with Gasteiger partial charge in [0, 0.05) is 31.4 Å². The first-order valence-corrected chi connectivity index (χ1v) is 9.39. The molecular formula is C21H22N4O4. The molecule has 2 aromatic heterocycles. The molecule has 1 aromatic carbocycles. The van der Waals surface area contributed by atoms with Crippen LogP contribution in [0.25, 0.3) is 11.3 Å². The Labute approximate surface area is 168 Å². The van der Waals surface area contributed by atoms with Crippen molar-refractivity contribution in [1.82, 2.24) is 20.2 Å². The number of hydrogen-bond donors (Lipinski definition) is 1. The number of rotatable bonds is 6. The van der Waals surface area contributed by atoms with E-state index in [0.29, 0.717) is 37.7 Å². The van der Waals surface area contributed by atoms with Crippen molar-refractivity contribution in [3.05, 3.63) is 60.9 Å². The van der Waals surface area contributed by atoms with E-state index in [1.165, 1.54) is 6.26 Å². The first-order chi connectivity index (χ1) is 14.2. The van der Waals surface area contributed by atoms with E-state index in [9.17, 15) is 4.79 Å². The molecule has 0 spiro atoms. The molecule has 0 bridgehead atoms. The van der Waals surface area contributed by atoms with Gasteiger partial charge in [0.1, 0.15) is 30.1 Å². The van der Waals surface area contributed by atoms with Crippen LogP contribution in [0.15, 0.2) is 59.5 Å². The third-order valence-corrected chi connectivity index (χ3v) is 4.76. The van der Waals surface area contributed by atoms with Crippen LogP contribution in [0.2, 0.25) is 0 Å². The van der Waals surface area contributed by atoms with Gasteiger partial charge in [-0.3, -0.25) is 9.78 Å². The zero-order chi connectivity index (χ0) is 20.1.